The van der Waals surface area contributed by atoms with Gasteiger partial charge in [0.25, 0.3) is 0 Å². The van der Waals surface area contributed by atoms with Crippen LogP contribution in [0, 0.1) is 6.92 Å². The van der Waals surface area contributed by atoms with Crippen LogP contribution >= 0.6 is 27.3 Å². The molecule has 17 heavy (non-hydrogen) atoms. The first-order valence-electron chi connectivity index (χ1n) is 5.16. The van der Waals surface area contributed by atoms with Gasteiger partial charge in [-0.2, -0.15) is 0 Å². The molecule has 0 fully saturated rings. The molecule has 2 aromatic rings. The van der Waals surface area contributed by atoms with E-state index in [0.717, 1.165) is 26.5 Å². The first-order chi connectivity index (χ1) is 8.20. The quantitative estimate of drug-likeness (QED) is 0.942. The molecule has 90 valence electrons. The van der Waals surface area contributed by atoms with Gasteiger partial charge >= 0.3 is 0 Å². The molecular formula is C12H12BrNO2S. The largest absolute Gasteiger partial charge is 0.490 e. The molecule has 0 saturated carbocycles. The van der Waals surface area contributed by atoms with E-state index in [1.165, 1.54) is 0 Å². The lowest BCUT2D eigenvalue weighted by Gasteiger charge is -2.09. The molecule has 0 saturated heterocycles. The zero-order valence-electron chi connectivity index (χ0n) is 9.31. The molecule has 1 heterocycles. The van der Waals surface area contributed by atoms with E-state index in [-0.39, 0.29) is 13.2 Å². The molecule has 0 radical (unpaired) electrons. The van der Waals surface area contributed by atoms with Crippen molar-refractivity contribution in [3.8, 4) is 17.0 Å². The summed E-state index contributed by atoms with van der Waals surface area (Å²) in [5.41, 5.74) is 1.85. The molecule has 0 atom stereocenters. The van der Waals surface area contributed by atoms with Gasteiger partial charge < -0.3 is 9.84 Å². The fourth-order valence-electron chi connectivity index (χ4n) is 1.47. The van der Waals surface area contributed by atoms with Gasteiger partial charge in [0.1, 0.15) is 12.4 Å². The zero-order chi connectivity index (χ0) is 12.3. The Balaban J connectivity index is 2.39. The third-order valence-electron chi connectivity index (χ3n) is 2.19. The number of ether oxygens (including phenoxy) is 1. The number of aromatic nitrogens is 1. The van der Waals surface area contributed by atoms with Gasteiger partial charge in [-0.25, -0.2) is 4.98 Å². The molecular weight excluding hydrogens is 302 g/mol. The average molecular weight is 314 g/mol. The third kappa shape index (κ3) is 3.06. The first kappa shape index (κ1) is 12.5. The van der Waals surface area contributed by atoms with Crippen LogP contribution in [0.5, 0.6) is 5.75 Å². The second kappa shape index (κ2) is 5.62. The molecule has 0 bridgehead atoms. The highest BCUT2D eigenvalue weighted by molar-refractivity contribution is 9.10. The van der Waals surface area contributed by atoms with Gasteiger partial charge in [0.15, 0.2) is 0 Å². The van der Waals surface area contributed by atoms with Gasteiger partial charge in [0.2, 0.25) is 0 Å². The Labute approximate surface area is 112 Å². The van der Waals surface area contributed by atoms with Crippen LogP contribution in [0.2, 0.25) is 0 Å². The van der Waals surface area contributed by atoms with Crippen LogP contribution in [0.1, 0.15) is 5.01 Å². The summed E-state index contributed by atoms with van der Waals surface area (Å²) in [7, 11) is 0. The number of aryl methyl sites for hydroxylation is 1. The summed E-state index contributed by atoms with van der Waals surface area (Å²) in [6, 6.07) is 5.76. The Morgan fingerprint density at radius 3 is 2.94 bits per heavy atom. The van der Waals surface area contributed by atoms with Gasteiger partial charge in [-0.1, -0.05) is 15.9 Å². The number of aliphatic hydroxyl groups excluding tert-OH is 1. The van der Waals surface area contributed by atoms with Crippen molar-refractivity contribution in [2.45, 2.75) is 6.92 Å². The van der Waals surface area contributed by atoms with Crippen molar-refractivity contribution in [3.05, 3.63) is 33.1 Å². The summed E-state index contributed by atoms with van der Waals surface area (Å²) in [6.07, 6.45) is 0. The average Bonchev–Trinajstić information content (AvgIpc) is 2.74. The van der Waals surface area contributed by atoms with E-state index in [0.29, 0.717) is 0 Å². The molecule has 0 aliphatic rings. The lowest BCUT2D eigenvalue weighted by Crippen LogP contribution is -2.02. The third-order valence-corrected chi connectivity index (χ3v) is 3.45. The lowest BCUT2D eigenvalue weighted by atomic mass is 10.1. The Bertz CT molecular complexity index is 513. The van der Waals surface area contributed by atoms with Gasteiger partial charge in [0, 0.05) is 15.4 Å². The number of aliphatic hydroxyl groups is 1. The summed E-state index contributed by atoms with van der Waals surface area (Å²) in [6.45, 7) is 2.27. The van der Waals surface area contributed by atoms with Crippen molar-refractivity contribution in [2.75, 3.05) is 13.2 Å². The molecule has 0 amide bonds. The molecule has 1 N–H and O–H groups in total. The molecule has 1 aromatic carbocycles. The van der Waals surface area contributed by atoms with Crippen LogP contribution in [0.25, 0.3) is 11.3 Å². The van der Waals surface area contributed by atoms with E-state index < -0.39 is 0 Å². The highest BCUT2D eigenvalue weighted by atomic mass is 79.9. The Kier molecular flexibility index (Phi) is 4.15. The number of halogens is 1. The molecule has 1 aromatic heterocycles. The Morgan fingerprint density at radius 1 is 1.47 bits per heavy atom. The van der Waals surface area contributed by atoms with Crippen LogP contribution in [0.15, 0.2) is 28.1 Å². The number of hydrogen-bond donors (Lipinski definition) is 1. The minimum absolute atomic E-state index is 0.00555. The first-order valence-corrected chi connectivity index (χ1v) is 6.83. The topological polar surface area (TPSA) is 42.4 Å². The number of benzene rings is 1. The fourth-order valence-corrected chi connectivity index (χ4v) is 2.44. The maximum Gasteiger partial charge on any atom is 0.128 e. The van der Waals surface area contributed by atoms with Gasteiger partial charge in [-0.05, 0) is 25.1 Å². The Hall–Kier alpha value is -0.910. The number of rotatable bonds is 4. The summed E-state index contributed by atoms with van der Waals surface area (Å²) in [5.74, 6) is 0.743. The van der Waals surface area contributed by atoms with Crippen LogP contribution in [-0.4, -0.2) is 23.3 Å². The maximum absolute atomic E-state index is 8.80. The molecule has 0 spiro atoms. The van der Waals surface area contributed by atoms with E-state index in [2.05, 4.69) is 20.9 Å². The van der Waals surface area contributed by atoms with Crippen LogP contribution in [0.3, 0.4) is 0 Å². The fraction of sp³-hybridized carbons (Fsp3) is 0.250. The predicted octanol–water partition coefficient (Wildman–Crippen LogP) is 3.25. The Morgan fingerprint density at radius 2 is 2.29 bits per heavy atom. The van der Waals surface area contributed by atoms with Gasteiger partial charge in [0.05, 0.1) is 17.3 Å². The smallest absolute Gasteiger partial charge is 0.128 e. The minimum Gasteiger partial charge on any atom is -0.490 e. The lowest BCUT2D eigenvalue weighted by molar-refractivity contribution is 0.202. The molecule has 5 heteroatoms. The molecule has 0 unspecified atom stereocenters. The van der Waals surface area contributed by atoms with E-state index >= 15 is 0 Å². The van der Waals surface area contributed by atoms with E-state index in [9.17, 15) is 0 Å². The van der Waals surface area contributed by atoms with Crippen molar-refractivity contribution in [1.82, 2.24) is 4.98 Å². The minimum atomic E-state index is 0.00555. The monoisotopic (exact) mass is 313 g/mol. The van der Waals surface area contributed by atoms with Gasteiger partial charge in [-0.15, -0.1) is 11.3 Å². The summed E-state index contributed by atoms with van der Waals surface area (Å²) >= 11 is 5.05. The van der Waals surface area contributed by atoms with E-state index in [1.807, 2.05) is 30.5 Å². The number of nitrogens with zero attached hydrogens (tertiary/aromatic N) is 1. The molecule has 0 aliphatic heterocycles. The zero-order valence-corrected chi connectivity index (χ0v) is 11.7. The molecule has 0 aliphatic carbocycles. The van der Waals surface area contributed by atoms with Crippen LogP contribution in [0.4, 0.5) is 0 Å². The second-order valence-electron chi connectivity index (χ2n) is 3.46. The number of hydrogen-bond acceptors (Lipinski definition) is 4. The molecule has 2 rings (SSSR count). The standard InChI is InChI=1S/C12H12BrNO2S/c1-8-14-11(7-17-8)10-6-9(13)2-3-12(10)16-5-4-15/h2-3,6-7,15H,4-5H2,1H3. The van der Waals surface area contributed by atoms with Gasteiger partial charge in [-0.3, -0.25) is 0 Å². The van der Waals surface area contributed by atoms with Crippen molar-refractivity contribution in [3.63, 3.8) is 0 Å². The summed E-state index contributed by atoms with van der Waals surface area (Å²) in [5, 5.41) is 11.8. The van der Waals surface area contributed by atoms with E-state index in [4.69, 9.17) is 9.84 Å². The highest BCUT2D eigenvalue weighted by Gasteiger charge is 2.10. The molecule has 3 nitrogen and oxygen atoms in total. The maximum atomic E-state index is 8.80. The van der Waals surface area contributed by atoms with Crippen LogP contribution in [-0.2, 0) is 0 Å². The van der Waals surface area contributed by atoms with E-state index in [1.54, 1.807) is 11.3 Å². The van der Waals surface area contributed by atoms with Crippen molar-refractivity contribution >= 4 is 27.3 Å². The highest BCUT2D eigenvalue weighted by Crippen LogP contribution is 2.33. The predicted molar refractivity (Wildman–Crippen MR) is 72.6 cm³/mol. The van der Waals surface area contributed by atoms with Crippen LogP contribution < -0.4 is 4.74 Å². The van der Waals surface area contributed by atoms with Crippen molar-refractivity contribution in [2.24, 2.45) is 0 Å². The SMILES string of the molecule is Cc1nc(-c2cc(Br)ccc2OCCO)cs1. The van der Waals surface area contributed by atoms with Crippen molar-refractivity contribution < 1.29 is 9.84 Å². The van der Waals surface area contributed by atoms with Crippen molar-refractivity contribution in [1.29, 1.82) is 0 Å². The summed E-state index contributed by atoms with van der Waals surface area (Å²) < 4.78 is 6.48. The normalized spacial score (nSPS) is 10.5. The second-order valence-corrected chi connectivity index (χ2v) is 5.44. The summed E-state index contributed by atoms with van der Waals surface area (Å²) in [4.78, 5) is 4.45. The number of thiazole rings is 1.